The van der Waals surface area contributed by atoms with Crippen LogP contribution in [0.1, 0.15) is 52.4 Å². The molecule has 0 radical (unpaired) electrons. The van der Waals surface area contributed by atoms with Gasteiger partial charge in [0.25, 0.3) is 0 Å². The van der Waals surface area contributed by atoms with Crippen LogP contribution in [-0.2, 0) is 14.4 Å². The molecular weight excluding hydrogens is 306 g/mol. The quantitative estimate of drug-likeness (QED) is 0.778. The first kappa shape index (κ1) is 16.1. The SMILES string of the molecule is CC(C)[C@H](N)C(=O)N1CC[C@H]2[C@H]1C1(CCC1)C(=O)N2C(=O)C1CC1. The topological polar surface area (TPSA) is 83.7 Å². The van der Waals surface area contributed by atoms with Crippen molar-refractivity contribution in [3.63, 3.8) is 0 Å². The third-order valence-corrected chi connectivity index (χ3v) is 6.60. The Morgan fingerprint density at radius 1 is 1.21 bits per heavy atom. The smallest absolute Gasteiger partial charge is 0.240 e. The Labute approximate surface area is 142 Å². The van der Waals surface area contributed by atoms with Crippen LogP contribution < -0.4 is 5.73 Å². The van der Waals surface area contributed by atoms with Crippen LogP contribution in [0.3, 0.4) is 0 Å². The minimum Gasteiger partial charge on any atom is -0.335 e. The molecule has 2 saturated heterocycles. The van der Waals surface area contributed by atoms with Gasteiger partial charge in [-0.25, -0.2) is 0 Å². The fourth-order valence-electron chi connectivity index (χ4n) is 4.81. The number of rotatable bonds is 3. The molecule has 132 valence electrons. The van der Waals surface area contributed by atoms with E-state index in [0.29, 0.717) is 13.0 Å². The minimum atomic E-state index is -0.538. The highest BCUT2D eigenvalue weighted by atomic mass is 16.2. The standard InChI is InChI=1S/C18H27N3O3/c1-10(2)13(19)16(23)20-9-6-12-14(20)18(7-3-8-18)17(24)21(12)15(22)11-4-5-11/h10-14H,3-9,19H2,1-2H3/t12-,13-,14-/m0/s1. The van der Waals surface area contributed by atoms with E-state index in [1.165, 1.54) is 0 Å². The van der Waals surface area contributed by atoms with E-state index in [2.05, 4.69) is 0 Å². The van der Waals surface area contributed by atoms with Crippen molar-refractivity contribution in [1.82, 2.24) is 9.80 Å². The molecule has 2 heterocycles. The van der Waals surface area contributed by atoms with Gasteiger partial charge in [0.15, 0.2) is 0 Å². The van der Waals surface area contributed by atoms with Crippen molar-refractivity contribution >= 4 is 17.7 Å². The predicted octanol–water partition coefficient (Wildman–Crippen LogP) is 0.888. The van der Waals surface area contributed by atoms with Crippen molar-refractivity contribution < 1.29 is 14.4 Å². The zero-order valence-corrected chi connectivity index (χ0v) is 14.5. The van der Waals surface area contributed by atoms with Crippen molar-refractivity contribution in [3.8, 4) is 0 Å². The van der Waals surface area contributed by atoms with Crippen LogP contribution >= 0.6 is 0 Å². The Morgan fingerprint density at radius 2 is 1.88 bits per heavy atom. The van der Waals surface area contributed by atoms with Crippen molar-refractivity contribution in [2.75, 3.05) is 6.54 Å². The average molecular weight is 333 g/mol. The summed E-state index contributed by atoms with van der Waals surface area (Å²) in [4.78, 5) is 42.1. The molecule has 4 aliphatic rings. The summed E-state index contributed by atoms with van der Waals surface area (Å²) >= 11 is 0. The molecule has 0 aromatic carbocycles. The molecule has 24 heavy (non-hydrogen) atoms. The molecule has 3 amide bonds. The number of nitrogens with zero attached hydrogens (tertiary/aromatic N) is 2. The first-order chi connectivity index (χ1) is 11.4. The Bertz CT molecular complexity index is 594. The molecule has 4 rings (SSSR count). The van der Waals surface area contributed by atoms with Crippen LogP contribution in [0.15, 0.2) is 0 Å². The van der Waals surface area contributed by atoms with Crippen LogP contribution in [-0.4, -0.2) is 52.2 Å². The molecule has 6 nitrogen and oxygen atoms in total. The molecule has 4 fully saturated rings. The normalized spacial score (nSPS) is 32.2. The summed E-state index contributed by atoms with van der Waals surface area (Å²) in [6.07, 6.45) is 5.08. The van der Waals surface area contributed by atoms with E-state index in [1.54, 1.807) is 4.90 Å². The van der Waals surface area contributed by atoms with Crippen molar-refractivity contribution in [1.29, 1.82) is 0 Å². The number of hydrogen-bond acceptors (Lipinski definition) is 4. The van der Waals surface area contributed by atoms with Gasteiger partial charge in [-0.05, 0) is 38.0 Å². The van der Waals surface area contributed by atoms with Crippen molar-refractivity contribution in [2.45, 2.75) is 70.5 Å². The molecule has 6 heteroatoms. The van der Waals surface area contributed by atoms with Crippen molar-refractivity contribution in [3.05, 3.63) is 0 Å². The molecule has 2 aliphatic carbocycles. The molecule has 2 saturated carbocycles. The lowest BCUT2D eigenvalue weighted by Gasteiger charge is -2.44. The van der Waals surface area contributed by atoms with Crippen LogP contribution in [0.5, 0.6) is 0 Å². The Balaban J connectivity index is 1.65. The molecule has 2 N–H and O–H groups in total. The Kier molecular flexibility index (Phi) is 3.53. The van der Waals surface area contributed by atoms with E-state index >= 15 is 0 Å². The second kappa shape index (κ2) is 5.28. The number of carbonyl (C=O) groups is 3. The first-order valence-electron chi connectivity index (χ1n) is 9.32. The highest BCUT2D eigenvalue weighted by Gasteiger charge is 2.68. The lowest BCUT2D eigenvalue weighted by molar-refractivity contribution is -0.152. The second-order valence-corrected chi connectivity index (χ2v) is 8.40. The van der Waals surface area contributed by atoms with Gasteiger partial charge in [0.2, 0.25) is 17.7 Å². The van der Waals surface area contributed by atoms with Crippen LogP contribution in [0.25, 0.3) is 0 Å². The fourth-order valence-corrected chi connectivity index (χ4v) is 4.81. The summed E-state index contributed by atoms with van der Waals surface area (Å²) in [6.45, 7) is 4.49. The lowest BCUT2D eigenvalue weighted by atomic mass is 9.64. The predicted molar refractivity (Wildman–Crippen MR) is 87.6 cm³/mol. The highest BCUT2D eigenvalue weighted by molar-refractivity contribution is 6.03. The maximum Gasteiger partial charge on any atom is 0.240 e. The number of likely N-dealkylation sites (tertiary alicyclic amines) is 2. The number of nitrogens with two attached hydrogens (primary N) is 1. The van der Waals surface area contributed by atoms with E-state index in [0.717, 1.165) is 32.1 Å². The van der Waals surface area contributed by atoms with E-state index in [9.17, 15) is 14.4 Å². The van der Waals surface area contributed by atoms with Gasteiger partial charge in [-0.3, -0.25) is 19.3 Å². The summed E-state index contributed by atoms with van der Waals surface area (Å²) in [5, 5.41) is 0. The Morgan fingerprint density at radius 3 is 2.38 bits per heavy atom. The van der Waals surface area contributed by atoms with Crippen LogP contribution in [0.4, 0.5) is 0 Å². The second-order valence-electron chi connectivity index (χ2n) is 8.40. The number of imide groups is 1. The van der Waals surface area contributed by atoms with Crippen molar-refractivity contribution in [2.24, 2.45) is 23.0 Å². The number of carbonyl (C=O) groups excluding carboxylic acids is 3. The molecule has 1 spiro atoms. The van der Waals surface area contributed by atoms with E-state index in [-0.39, 0.29) is 41.6 Å². The summed E-state index contributed by atoms with van der Waals surface area (Å²) in [6, 6.07) is -0.822. The maximum atomic E-state index is 13.1. The van der Waals surface area contributed by atoms with E-state index in [4.69, 9.17) is 5.73 Å². The van der Waals surface area contributed by atoms with Gasteiger partial charge in [0.05, 0.1) is 23.5 Å². The summed E-state index contributed by atoms with van der Waals surface area (Å²) in [5.74, 6) is 0.0255. The molecule has 0 aromatic heterocycles. The largest absolute Gasteiger partial charge is 0.335 e. The molecule has 3 atom stereocenters. The third-order valence-electron chi connectivity index (χ3n) is 6.60. The number of fused-ring (bicyclic) bond motifs is 2. The fraction of sp³-hybridized carbons (Fsp3) is 0.833. The zero-order chi connectivity index (χ0) is 17.2. The minimum absolute atomic E-state index is 0.00114. The summed E-state index contributed by atoms with van der Waals surface area (Å²) in [5.41, 5.74) is 5.59. The van der Waals surface area contributed by atoms with Gasteiger partial charge in [-0.2, -0.15) is 0 Å². The summed E-state index contributed by atoms with van der Waals surface area (Å²) in [7, 11) is 0. The van der Waals surface area contributed by atoms with Gasteiger partial charge >= 0.3 is 0 Å². The first-order valence-corrected chi connectivity index (χ1v) is 9.32. The van der Waals surface area contributed by atoms with E-state index in [1.807, 2.05) is 18.7 Å². The number of hydrogen-bond donors (Lipinski definition) is 1. The summed E-state index contributed by atoms with van der Waals surface area (Å²) < 4.78 is 0. The van der Waals surface area contributed by atoms with Gasteiger partial charge in [-0.1, -0.05) is 20.3 Å². The van der Waals surface area contributed by atoms with E-state index < -0.39 is 11.5 Å². The molecule has 0 bridgehead atoms. The Hall–Kier alpha value is -1.43. The monoisotopic (exact) mass is 333 g/mol. The van der Waals surface area contributed by atoms with Crippen LogP contribution in [0, 0.1) is 17.3 Å². The zero-order valence-electron chi connectivity index (χ0n) is 14.5. The van der Waals surface area contributed by atoms with Crippen LogP contribution in [0.2, 0.25) is 0 Å². The molecule has 0 aromatic rings. The third kappa shape index (κ3) is 2.01. The van der Waals surface area contributed by atoms with Gasteiger partial charge in [-0.15, -0.1) is 0 Å². The average Bonchev–Trinajstić information content (AvgIpc) is 3.21. The highest BCUT2D eigenvalue weighted by Crippen LogP contribution is 2.56. The number of amides is 3. The molecule has 2 aliphatic heterocycles. The molecule has 0 unspecified atom stereocenters. The lowest BCUT2D eigenvalue weighted by Crippen LogP contribution is -2.56. The van der Waals surface area contributed by atoms with Gasteiger partial charge < -0.3 is 10.6 Å². The van der Waals surface area contributed by atoms with Gasteiger partial charge in [0.1, 0.15) is 0 Å². The molecular formula is C18H27N3O3. The maximum absolute atomic E-state index is 13.1. The van der Waals surface area contributed by atoms with Gasteiger partial charge in [0, 0.05) is 12.5 Å².